The molecule has 4 saturated carbocycles. The molecule has 1 amide bonds. The van der Waals surface area contributed by atoms with E-state index in [-0.39, 0.29) is 12.1 Å². The second-order valence-corrected chi connectivity index (χ2v) is 12.6. The number of carbonyl (C=O) groups excluding carboxylic acids is 1. The Morgan fingerprint density at radius 1 is 1.00 bits per heavy atom. The number of carbonyl (C=O) groups is 1. The standard InChI is InChI=1S/C27H33FN2O3S/c1-3-25(30(34(2,32)33)24-10-6-22(28)7-11-24)26(31)29-23-8-4-21(5-9-23)27-15-18-12-19(16-27)14-20(13-18)17-27/h4-11,18-20,25H,3,12-17H2,1-2H3,(H,29,31)/t18?,19?,20?,25-,27?/m0/s1. The summed E-state index contributed by atoms with van der Waals surface area (Å²) in [6, 6.07) is 12.4. The van der Waals surface area contributed by atoms with Crippen molar-refractivity contribution in [2.75, 3.05) is 15.9 Å². The largest absolute Gasteiger partial charge is 0.324 e. The van der Waals surface area contributed by atoms with Crippen molar-refractivity contribution in [1.82, 2.24) is 0 Å². The fraction of sp³-hybridized carbons (Fsp3) is 0.519. The first-order valence-corrected chi connectivity index (χ1v) is 14.2. The molecule has 182 valence electrons. The van der Waals surface area contributed by atoms with Gasteiger partial charge in [0.25, 0.3) is 0 Å². The van der Waals surface area contributed by atoms with Crippen molar-refractivity contribution in [2.24, 2.45) is 17.8 Å². The van der Waals surface area contributed by atoms with Gasteiger partial charge in [0, 0.05) is 5.69 Å². The minimum absolute atomic E-state index is 0.267. The van der Waals surface area contributed by atoms with Gasteiger partial charge in [-0.1, -0.05) is 19.1 Å². The van der Waals surface area contributed by atoms with E-state index >= 15 is 0 Å². The molecule has 1 atom stereocenters. The van der Waals surface area contributed by atoms with Gasteiger partial charge < -0.3 is 5.32 Å². The maximum atomic E-state index is 13.4. The van der Waals surface area contributed by atoms with Crippen LogP contribution in [0.15, 0.2) is 48.5 Å². The highest BCUT2D eigenvalue weighted by Crippen LogP contribution is 2.60. The van der Waals surface area contributed by atoms with Crippen LogP contribution in [0, 0.1) is 23.6 Å². The lowest BCUT2D eigenvalue weighted by Crippen LogP contribution is -2.48. The van der Waals surface area contributed by atoms with Crippen LogP contribution in [0.25, 0.3) is 0 Å². The van der Waals surface area contributed by atoms with Gasteiger partial charge in [-0.3, -0.25) is 9.10 Å². The zero-order chi connectivity index (χ0) is 24.1. The van der Waals surface area contributed by atoms with Gasteiger partial charge in [0.2, 0.25) is 15.9 Å². The first kappa shape index (κ1) is 23.3. The SMILES string of the molecule is CC[C@@H](C(=O)Nc1ccc(C23CC4CC(CC(C4)C2)C3)cc1)N(c1ccc(F)cc1)S(C)(=O)=O. The maximum Gasteiger partial charge on any atom is 0.248 e. The molecule has 7 heteroatoms. The Bertz CT molecular complexity index is 1130. The molecule has 4 aliphatic rings. The third-order valence-electron chi connectivity index (χ3n) is 8.21. The monoisotopic (exact) mass is 484 g/mol. The lowest BCUT2D eigenvalue weighted by molar-refractivity contribution is -0.117. The zero-order valence-electron chi connectivity index (χ0n) is 19.8. The molecule has 0 aromatic heterocycles. The van der Waals surface area contributed by atoms with Gasteiger partial charge in [-0.05, 0) is 110 Å². The van der Waals surface area contributed by atoms with Crippen molar-refractivity contribution in [3.8, 4) is 0 Å². The number of nitrogens with one attached hydrogen (secondary N) is 1. The highest BCUT2D eigenvalue weighted by atomic mass is 32.2. The molecule has 5 nitrogen and oxygen atoms in total. The molecule has 1 N–H and O–H groups in total. The zero-order valence-corrected chi connectivity index (χ0v) is 20.7. The van der Waals surface area contributed by atoms with Crippen LogP contribution < -0.4 is 9.62 Å². The summed E-state index contributed by atoms with van der Waals surface area (Å²) >= 11 is 0. The highest BCUT2D eigenvalue weighted by Gasteiger charge is 2.51. The van der Waals surface area contributed by atoms with Crippen LogP contribution in [0.2, 0.25) is 0 Å². The van der Waals surface area contributed by atoms with Gasteiger partial charge in [0.15, 0.2) is 0 Å². The second-order valence-electron chi connectivity index (χ2n) is 10.7. The van der Waals surface area contributed by atoms with E-state index in [2.05, 4.69) is 17.4 Å². The Morgan fingerprint density at radius 2 is 1.53 bits per heavy atom. The number of sulfonamides is 1. The summed E-state index contributed by atoms with van der Waals surface area (Å²) < 4.78 is 39.6. The van der Waals surface area contributed by atoms with Crippen LogP contribution in [0.4, 0.5) is 15.8 Å². The van der Waals surface area contributed by atoms with Crippen LogP contribution in [0.3, 0.4) is 0 Å². The Kier molecular flexibility index (Phi) is 5.95. The molecule has 34 heavy (non-hydrogen) atoms. The lowest BCUT2D eigenvalue weighted by atomic mass is 9.48. The second kappa shape index (κ2) is 8.67. The van der Waals surface area contributed by atoms with Gasteiger partial charge in [0.05, 0.1) is 11.9 Å². The number of hydrogen-bond acceptors (Lipinski definition) is 3. The molecule has 2 aromatic carbocycles. The summed E-state index contributed by atoms with van der Waals surface area (Å²) in [5, 5.41) is 2.91. The van der Waals surface area contributed by atoms with Crippen LogP contribution >= 0.6 is 0 Å². The molecule has 0 saturated heterocycles. The third-order valence-corrected chi connectivity index (χ3v) is 9.39. The van der Waals surface area contributed by atoms with Crippen molar-refractivity contribution in [2.45, 2.75) is 63.3 Å². The summed E-state index contributed by atoms with van der Waals surface area (Å²) in [6.07, 6.45) is 9.38. The van der Waals surface area contributed by atoms with Crippen LogP contribution in [-0.2, 0) is 20.2 Å². The van der Waals surface area contributed by atoms with Crippen molar-refractivity contribution in [3.05, 3.63) is 59.9 Å². The number of nitrogens with zero attached hydrogens (tertiary/aromatic N) is 1. The summed E-state index contributed by atoms with van der Waals surface area (Å²) in [7, 11) is -3.76. The minimum atomic E-state index is -3.76. The molecule has 0 spiro atoms. The number of benzene rings is 2. The smallest absolute Gasteiger partial charge is 0.248 e. The van der Waals surface area contributed by atoms with E-state index in [1.807, 2.05) is 12.1 Å². The molecule has 2 aromatic rings. The molecule has 6 rings (SSSR count). The fourth-order valence-corrected chi connectivity index (χ4v) is 8.46. The van der Waals surface area contributed by atoms with Gasteiger partial charge in [-0.15, -0.1) is 0 Å². The summed E-state index contributed by atoms with van der Waals surface area (Å²) in [5.41, 5.74) is 2.59. The first-order valence-electron chi connectivity index (χ1n) is 12.3. The third kappa shape index (κ3) is 4.35. The molecule has 4 bridgehead atoms. The van der Waals surface area contributed by atoms with Crippen molar-refractivity contribution in [1.29, 1.82) is 0 Å². The maximum absolute atomic E-state index is 13.4. The number of amides is 1. The average molecular weight is 485 g/mol. The van der Waals surface area contributed by atoms with Crippen molar-refractivity contribution < 1.29 is 17.6 Å². The van der Waals surface area contributed by atoms with Gasteiger partial charge in [-0.2, -0.15) is 0 Å². The Balaban J connectivity index is 1.34. The molecular weight excluding hydrogens is 451 g/mol. The highest BCUT2D eigenvalue weighted by molar-refractivity contribution is 7.92. The van der Waals surface area contributed by atoms with E-state index in [9.17, 15) is 17.6 Å². The number of hydrogen-bond donors (Lipinski definition) is 1. The number of rotatable bonds is 7. The fourth-order valence-electron chi connectivity index (χ4n) is 7.25. The summed E-state index contributed by atoms with van der Waals surface area (Å²) in [5.74, 6) is 1.73. The molecule has 0 radical (unpaired) electrons. The molecule has 0 heterocycles. The van der Waals surface area contributed by atoms with E-state index in [0.717, 1.165) is 28.3 Å². The first-order chi connectivity index (χ1) is 16.2. The van der Waals surface area contributed by atoms with E-state index in [0.29, 0.717) is 11.1 Å². The minimum Gasteiger partial charge on any atom is -0.324 e. The summed E-state index contributed by atoms with van der Waals surface area (Å²) in [4.78, 5) is 13.2. The molecular formula is C27H33FN2O3S. The van der Waals surface area contributed by atoms with Crippen molar-refractivity contribution >= 4 is 27.3 Å². The number of halogens is 1. The van der Waals surface area contributed by atoms with Crippen LogP contribution in [-0.4, -0.2) is 26.6 Å². The topological polar surface area (TPSA) is 66.5 Å². The molecule has 0 unspecified atom stereocenters. The van der Waals surface area contributed by atoms with E-state index in [1.54, 1.807) is 6.92 Å². The van der Waals surface area contributed by atoms with E-state index in [4.69, 9.17) is 0 Å². The predicted molar refractivity (Wildman–Crippen MR) is 133 cm³/mol. The van der Waals surface area contributed by atoms with Crippen LogP contribution in [0.1, 0.15) is 57.4 Å². The van der Waals surface area contributed by atoms with Gasteiger partial charge in [-0.25, -0.2) is 12.8 Å². The van der Waals surface area contributed by atoms with Crippen LogP contribution in [0.5, 0.6) is 0 Å². The molecule has 4 aliphatic carbocycles. The number of anilines is 2. The Hall–Kier alpha value is -2.41. The van der Waals surface area contributed by atoms with E-state index < -0.39 is 27.8 Å². The normalized spacial score (nSPS) is 28.5. The average Bonchev–Trinajstić information content (AvgIpc) is 2.77. The summed E-state index contributed by atoms with van der Waals surface area (Å²) in [6.45, 7) is 1.77. The van der Waals surface area contributed by atoms with Crippen molar-refractivity contribution in [3.63, 3.8) is 0 Å². The predicted octanol–water partition coefficient (Wildman–Crippen LogP) is 5.48. The van der Waals surface area contributed by atoms with Gasteiger partial charge in [0.1, 0.15) is 11.9 Å². The lowest BCUT2D eigenvalue weighted by Gasteiger charge is -2.57. The quantitative estimate of drug-likeness (QED) is 0.566. The Labute approximate surface area is 201 Å². The van der Waals surface area contributed by atoms with E-state index in [1.165, 1.54) is 68.4 Å². The van der Waals surface area contributed by atoms with Gasteiger partial charge >= 0.3 is 0 Å². The molecule has 4 fully saturated rings. The molecule has 0 aliphatic heterocycles. The Morgan fingerprint density at radius 3 is 2.00 bits per heavy atom.